The number of amides is 1. The highest BCUT2D eigenvalue weighted by molar-refractivity contribution is 5.86. The van der Waals surface area contributed by atoms with Crippen LogP contribution in [0.4, 0.5) is 0 Å². The average Bonchev–Trinajstić information content (AvgIpc) is 2.25. The molecule has 14 nitrogen and oxygen atoms in total. The van der Waals surface area contributed by atoms with Gasteiger partial charge in [0.25, 0.3) is 0 Å². The van der Waals surface area contributed by atoms with Crippen molar-refractivity contribution in [2.45, 2.75) is 5.79 Å². The number of rotatable bonds is 7. The summed E-state index contributed by atoms with van der Waals surface area (Å²) < 4.78 is 0. The van der Waals surface area contributed by atoms with Gasteiger partial charge >= 0.3 is 18.2 Å². The van der Waals surface area contributed by atoms with Crippen LogP contribution < -0.4 is 0 Å². The quantitative estimate of drug-likeness (QED) is 0.235. The summed E-state index contributed by atoms with van der Waals surface area (Å²) in [5, 5.41) is 39.4. The first-order valence-electron chi connectivity index (χ1n) is 4.13. The zero-order chi connectivity index (χ0) is 15.4. The molecule has 0 bridgehead atoms. The molecule has 14 heteroatoms. The van der Waals surface area contributed by atoms with Gasteiger partial charge in [-0.05, 0) is 0 Å². The third-order valence-electron chi connectivity index (χ3n) is 1.81. The number of hydrogen-bond donors (Lipinski definition) is 0. The molecule has 0 aromatic rings. The molecule has 0 unspecified atom stereocenters. The van der Waals surface area contributed by atoms with Gasteiger partial charge in [0.2, 0.25) is 0 Å². The molecule has 0 aromatic carbocycles. The minimum Gasteiger partial charge on any atom is -0.264 e. The van der Waals surface area contributed by atoms with Crippen molar-refractivity contribution in [2.75, 3.05) is 6.54 Å². The lowest BCUT2D eigenvalue weighted by Gasteiger charge is -2.16. The third-order valence-corrected chi connectivity index (χ3v) is 1.81. The monoisotopic (exact) mass is 279 g/mol. The number of hydrazine groups is 1. The van der Waals surface area contributed by atoms with Gasteiger partial charge in [0, 0.05) is 11.0 Å². The largest absolute Gasteiger partial charge is 0.663 e. The summed E-state index contributed by atoms with van der Waals surface area (Å²) in [6.07, 6.45) is 0.185. The summed E-state index contributed by atoms with van der Waals surface area (Å²) in [4.78, 5) is 48.1. The number of nitrogens with zero attached hydrogens (tertiary/aromatic N) is 5. The Balaban J connectivity index is 6.18. The van der Waals surface area contributed by atoms with Crippen molar-refractivity contribution >= 4 is 5.91 Å². The molecule has 0 fully saturated rings. The summed E-state index contributed by atoms with van der Waals surface area (Å²) in [6.45, 7) is 0.675. The van der Waals surface area contributed by atoms with Gasteiger partial charge in [0.15, 0.2) is 5.03 Å². The molecule has 0 saturated heterocycles. The maximum Gasteiger partial charge on any atom is 0.663 e. The fourth-order valence-electron chi connectivity index (χ4n) is 1.05. The summed E-state index contributed by atoms with van der Waals surface area (Å²) in [5.41, 5.74) is 0. The fraction of sp³-hybridized carbons (Fsp3) is 0.400. The van der Waals surface area contributed by atoms with Gasteiger partial charge in [-0.1, -0.05) is 6.58 Å². The molecule has 19 heavy (non-hydrogen) atoms. The number of carbonyl (C=O) groups excluding carboxylic acids is 1. The van der Waals surface area contributed by atoms with E-state index in [-0.39, 0.29) is 6.08 Å². The van der Waals surface area contributed by atoms with E-state index in [0.29, 0.717) is 0 Å². The van der Waals surface area contributed by atoms with Crippen molar-refractivity contribution in [3.05, 3.63) is 53.1 Å². The van der Waals surface area contributed by atoms with Crippen LogP contribution >= 0.6 is 0 Å². The maximum absolute atomic E-state index is 11.1. The van der Waals surface area contributed by atoms with E-state index in [1.54, 1.807) is 0 Å². The van der Waals surface area contributed by atoms with Gasteiger partial charge in [0.1, 0.15) is 9.85 Å². The lowest BCUT2D eigenvalue weighted by Crippen LogP contribution is -2.67. The molecule has 0 rings (SSSR count). The van der Waals surface area contributed by atoms with Crippen LogP contribution in [0.1, 0.15) is 0 Å². The van der Waals surface area contributed by atoms with Crippen molar-refractivity contribution in [3.63, 3.8) is 0 Å². The van der Waals surface area contributed by atoms with E-state index in [1.807, 2.05) is 0 Å². The highest BCUT2D eigenvalue weighted by Gasteiger charge is 2.75. The minimum absolute atomic E-state index is 0.185. The molecule has 1 amide bonds. The first-order chi connectivity index (χ1) is 8.61. The molecule has 0 N–H and O–H groups in total. The second-order valence-corrected chi connectivity index (χ2v) is 2.87. The summed E-state index contributed by atoms with van der Waals surface area (Å²) in [5.74, 6) is -5.89. The lowest BCUT2D eigenvalue weighted by atomic mass is 10.3. The molecule has 0 atom stereocenters. The predicted octanol–water partition coefficient (Wildman–Crippen LogP) is -1.32. The van der Waals surface area contributed by atoms with Crippen LogP contribution in [-0.2, 0) is 4.79 Å². The van der Waals surface area contributed by atoms with E-state index in [4.69, 9.17) is 0 Å². The number of nitro groups is 4. The molecule has 0 aromatic heterocycles. The van der Waals surface area contributed by atoms with Crippen LogP contribution in [0, 0.1) is 40.5 Å². The topological polar surface area (TPSA) is 193 Å². The van der Waals surface area contributed by atoms with Crippen molar-refractivity contribution in [3.8, 4) is 0 Å². The normalized spacial score (nSPS) is 10.3. The molecular formula is C5H5N5O9. The van der Waals surface area contributed by atoms with E-state index < -0.39 is 43.0 Å². The first-order valence-corrected chi connectivity index (χ1v) is 4.13. The smallest absolute Gasteiger partial charge is 0.264 e. The number of carbonyl (C=O) groups is 1. The second-order valence-electron chi connectivity index (χ2n) is 2.87. The van der Waals surface area contributed by atoms with Crippen molar-refractivity contribution in [1.82, 2.24) is 5.01 Å². The highest BCUT2D eigenvalue weighted by atomic mass is 16.7. The first kappa shape index (κ1) is 15.8. The van der Waals surface area contributed by atoms with Gasteiger partial charge in [-0.15, -0.1) is 0 Å². The Morgan fingerprint density at radius 2 is 1.53 bits per heavy atom. The molecule has 0 aliphatic heterocycles. The Kier molecular flexibility index (Phi) is 4.52. The van der Waals surface area contributed by atoms with Gasteiger partial charge in [-0.25, -0.2) is 10.1 Å². The Morgan fingerprint density at radius 1 is 1.11 bits per heavy atom. The molecule has 0 radical (unpaired) electrons. The molecule has 0 spiro atoms. The maximum atomic E-state index is 11.1. The van der Waals surface area contributed by atoms with Crippen molar-refractivity contribution in [1.29, 1.82) is 0 Å². The zero-order valence-corrected chi connectivity index (χ0v) is 8.90. The van der Waals surface area contributed by atoms with E-state index in [2.05, 4.69) is 6.58 Å². The Morgan fingerprint density at radius 3 is 1.74 bits per heavy atom. The minimum atomic E-state index is -4.06. The molecule has 0 heterocycles. The second kappa shape index (κ2) is 5.43. The van der Waals surface area contributed by atoms with Crippen LogP contribution in [-0.4, -0.2) is 43.0 Å². The summed E-state index contributed by atoms with van der Waals surface area (Å²) >= 11 is 0. The van der Waals surface area contributed by atoms with Crippen molar-refractivity contribution < 1.29 is 24.6 Å². The van der Waals surface area contributed by atoms with Gasteiger partial charge < -0.3 is 0 Å². The Hall–Kier alpha value is -3.19. The highest BCUT2D eigenvalue weighted by Crippen LogP contribution is 2.19. The van der Waals surface area contributed by atoms with Crippen LogP contribution in [0.3, 0.4) is 0 Å². The van der Waals surface area contributed by atoms with E-state index >= 15 is 0 Å². The Bertz CT molecular complexity index is 458. The van der Waals surface area contributed by atoms with Gasteiger partial charge in [-0.3, -0.25) is 35.1 Å². The van der Waals surface area contributed by atoms with E-state index in [9.17, 15) is 45.3 Å². The number of hydrogen-bond acceptors (Lipinski definition) is 9. The molecule has 0 aliphatic rings. The van der Waals surface area contributed by atoms with E-state index in [0.717, 1.165) is 0 Å². The summed E-state index contributed by atoms with van der Waals surface area (Å²) in [7, 11) is 0. The molecule has 0 aliphatic carbocycles. The SMILES string of the molecule is C=CC(=O)N([N+](=O)[O-])C(C[N+](=O)[O-])([N+](=O)[O-])[N+](=O)[O-]. The lowest BCUT2D eigenvalue weighted by molar-refractivity contribution is -0.902. The van der Waals surface area contributed by atoms with Crippen molar-refractivity contribution in [2.24, 2.45) is 0 Å². The van der Waals surface area contributed by atoms with Crippen LogP contribution in [0.25, 0.3) is 0 Å². The average molecular weight is 279 g/mol. The molecule has 0 saturated carbocycles. The molecule has 104 valence electrons. The predicted molar refractivity (Wildman–Crippen MR) is 52.6 cm³/mol. The Labute approximate surface area is 102 Å². The van der Waals surface area contributed by atoms with Crippen LogP contribution in [0.2, 0.25) is 0 Å². The molecular weight excluding hydrogens is 274 g/mol. The third kappa shape index (κ3) is 2.73. The summed E-state index contributed by atoms with van der Waals surface area (Å²) in [6, 6.07) is 0. The fourth-order valence-corrected chi connectivity index (χ4v) is 1.05. The standard InChI is InChI=1S/C5H5N5O9/c1-2-4(11)7(10(18)19)5(8(14)15,9(16)17)3-6(12)13/h2H,1,3H2. The zero-order valence-electron chi connectivity index (χ0n) is 8.90. The van der Waals surface area contributed by atoms with Crippen LogP contribution in [0.5, 0.6) is 0 Å². The van der Waals surface area contributed by atoms with Gasteiger partial charge in [0.05, 0.1) is 5.01 Å². The van der Waals surface area contributed by atoms with E-state index in [1.165, 1.54) is 0 Å². The van der Waals surface area contributed by atoms with Crippen LogP contribution in [0.15, 0.2) is 12.7 Å². The van der Waals surface area contributed by atoms with Gasteiger partial charge in [-0.2, -0.15) is 0 Å².